The molecule has 0 spiro atoms. The highest BCUT2D eigenvalue weighted by Gasteiger charge is 2.16. The number of nitrogens with zero attached hydrogens (tertiary/aromatic N) is 2. The fraction of sp³-hybridized carbons (Fsp3) is 0.364. The summed E-state index contributed by atoms with van der Waals surface area (Å²) >= 11 is 6.18. The maximum Gasteiger partial charge on any atom is 0.244 e. The van der Waals surface area contributed by atoms with Crippen molar-refractivity contribution >= 4 is 34.8 Å². The minimum atomic E-state index is -0.229. The number of rotatable bonds is 6. The third-order valence-electron chi connectivity index (χ3n) is 4.97. The molecule has 0 saturated carbocycles. The van der Waals surface area contributed by atoms with E-state index >= 15 is 0 Å². The third-order valence-corrected chi connectivity index (χ3v) is 5.34. The van der Waals surface area contributed by atoms with Crippen molar-refractivity contribution in [1.29, 1.82) is 0 Å². The first-order chi connectivity index (χ1) is 13.5. The first kappa shape index (κ1) is 20.2. The molecule has 2 amide bonds. The van der Waals surface area contributed by atoms with Crippen molar-refractivity contribution in [2.75, 3.05) is 29.9 Å². The van der Waals surface area contributed by atoms with E-state index in [9.17, 15) is 9.59 Å². The second-order valence-corrected chi connectivity index (χ2v) is 7.52. The van der Waals surface area contributed by atoms with Gasteiger partial charge in [-0.15, -0.1) is 0 Å². The highest BCUT2D eigenvalue weighted by atomic mass is 35.5. The van der Waals surface area contributed by atoms with Crippen LogP contribution >= 0.6 is 11.6 Å². The molecular formula is C22H26ClN3O2. The zero-order chi connectivity index (χ0) is 19.9. The molecule has 0 unspecified atom stereocenters. The van der Waals surface area contributed by atoms with Gasteiger partial charge in [0, 0.05) is 43.0 Å². The van der Waals surface area contributed by atoms with E-state index in [0.717, 1.165) is 24.3 Å². The van der Waals surface area contributed by atoms with Crippen molar-refractivity contribution in [1.82, 2.24) is 4.90 Å². The molecule has 5 nitrogen and oxygen atoms in total. The van der Waals surface area contributed by atoms with E-state index in [1.54, 1.807) is 6.07 Å². The molecule has 3 rings (SSSR count). The molecule has 0 atom stereocenters. The third kappa shape index (κ3) is 5.49. The van der Waals surface area contributed by atoms with Gasteiger partial charge in [-0.2, -0.15) is 0 Å². The zero-order valence-corrected chi connectivity index (χ0v) is 16.9. The van der Waals surface area contributed by atoms with Crippen molar-refractivity contribution in [3.63, 3.8) is 0 Å². The van der Waals surface area contributed by atoms with E-state index in [1.807, 2.05) is 42.5 Å². The summed E-state index contributed by atoms with van der Waals surface area (Å²) in [6.45, 7) is 3.91. The Hall–Kier alpha value is -2.53. The van der Waals surface area contributed by atoms with Gasteiger partial charge >= 0.3 is 0 Å². The lowest BCUT2D eigenvalue weighted by atomic mass is 10.1. The summed E-state index contributed by atoms with van der Waals surface area (Å²) in [7, 11) is 0. The van der Waals surface area contributed by atoms with E-state index in [4.69, 9.17) is 11.6 Å². The van der Waals surface area contributed by atoms with Crippen LogP contribution in [0.4, 0.5) is 11.4 Å². The van der Waals surface area contributed by atoms with Gasteiger partial charge < -0.3 is 15.1 Å². The van der Waals surface area contributed by atoms with Gasteiger partial charge in [0.25, 0.3) is 0 Å². The van der Waals surface area contributed by atoms with Gasteiger partial charge in [0.05, 0.1) is 0 Å². The molecule has 0 aliphatic carbocycles. The molecule has 6 heteroatoms. The van der Waals surface area contributed by atoms with E-state index in [-0.39, 0.29) is 18.4 Å². The Bertz CT molecular complexity index is 817. The number of halogens is 1. The van der Waals surface area contributed by atoms with Crippen LogP contribution in [0.1, 0.15) is 31.7 Å². The second-order valence-electron chi connectivity index (χ2n) is 7.11. The molecule has 1 fully saturated rings. The number of carbonyl (C=O) groups is 2. The summed E-state index contributed by atoms with van der Waals surface area (Å²) in [6, 6.07) is 15.2. The standard InChI is InChI=1S/C22H26ClN3O2/c1-17(27)26(15-18-7-3-4-8-21(18)23)16-22(28)24-19-9-11-20(12-10-19)25-13-5-2-6-14-25/h3-4,7-12H,2,5-6,13-16H2,1H3,(H,24,28). The van der Waals surface area contributed by atoms with Crippen molar-refractivity contribution in [3.8, 4) is 0 Å². The van der Waals surface area contributed by atoms with E-state index in [0.29, 0.717) is 11.6 Å². The number of carbonyl (C=O) groups excluding carboxylic acids is 2. The van der Waals surface area contributed by atoms with Crippen molar-refractivity contribution in [3.05, 3.63) is 59.1 Å². The van der Waals surface area contributed by atoms with Crippen molar-refractivity contribution in [2.45, 2.75) is 32.7 Å². The Balaban J connectivity index is 1.58. The summed E-state index contributed by atoms with van der Waals surface area (Å²) in [4.78, 5) is 28.3. The molecule has 2 aromatic rings. The molecule has 1 aliphatic heterocycles. The topological polar surface area (TPSA) is 52.7 Å². The van der Waals surface area contributed by atoms with Gasteiger partial charge in [-0.05, 0) is 55.2 Å². The van der Waals surface area contributed by atoms with E-state index < -0.39 is 0 Å². The molecule has 28 heavy (non-hydrogen) atoms. The van der Waals surface area contributed by atoms with E-state index in [2.05, 4.69) is 10.2 Å². The van der Waals surface area contributed by atoms with Crippen LogP contribution in [0, 0.1) is 0 Å². The molecule has 0 aromatic heterocycles. The van der Waals surface area contributed by atoms with Crippen molar-refractivity contribution in [2.24, 2.45) is 0 Å². The average Bonchev–Trinajstić information content (AvgIpc) is 2.70. The Morgan fingerprint density at radius 3 is 2.36 bits per heavy atom. The quantitative estimate of drug-likeness (QED) is 0.787. The van der Waals surface area contributed by atoms with Gasteiger partial charge in [0.1, 0.15) is 6.54 Å². The molecule has 1 saturated heterocycles. The van der Waals surface area contributed by atoms with Gasteiger partial charge in [0.15, 0.2) is 0 Å². The highest BCUT2D eigenvalue weighted by molar-refractivity contribution is 6.31. The predicted molar refractivity (Wildman–Crippen MR) is 114 cm³/mol. The number of nitrogens with one attached hydrogen (secondary N) is 1. The SMILES string of the molecule is CC(=O)N(CC(=O)Nc1ccc(N2CCCCC2)cc1)Cc1ccccc1Cl. The number of benzene rings is 2. The minimum absolute atomic E-state index is 0.0194. The highest BCUT2D eigenvalue weighted by Crippen LogP contribution is 2.22. The van der Waals surface area contributed by atoms with Crippen LogP contribution in [-0.2, 0) is 16.1 Å². The lowest BCUT2D eigenvalue weighted by Crippen LogP contribution is -2.36. The minimum Gasteiger partial charge on any atom is -0.372 e. The number of amides is 2. The molecule has 1 N–H and O–H groups in total. The molecule has 0 bridgehead atoms. The predicted octanol–water partition coefficient (Wildman–Crippen LogP) is 4.32. The summed E-state index contributed by atoms with van der Waals surface area (Å²) in [5.41, 5.74) is 2.73. The Morgan fingerprint density at radius 1 is 1.04 bits per heavy atom. The molecule has 2 aromatic carbocycles. The summed E-state index contributed by atoms with van der Waals surface area (Å²) in [5.74, 6) is -0.400. The number of piperidine rings is 1. The largest absolute Gasteiger partial charge is 0.372 e. The monoisotopic (exact) mass is 399 g/mol. The normalized spacial score (nSPS) is 13.9. The molecule has 1 heterocycles. The lowest BCUT2D eigenvalue weighted by molar-refractivity contribution is -0.133. The van der Waals surface area contributed by atoms with E-state index in [1.165, 1.54) is 36.8 Å². The van der Waals surface area contributed by atoms with Gasteiger partial charge in [-0.3, -0.25) is 9.59 Å². The maximum atomic E-state index is 12.4. The smallest absolute Gasteiger partial charge is 0.244 e. The van der Waals surface area contributed by atoms with Crippen LogP contribution in [-0.4, -0.2) is 36.3 Å². The lowest BCUT2D eigenvalue weighted by Gasteiger charge is -2.28. The van der Waals surface area contributed by atoms with Crippen molar-refractivity contribution < 1.29 is 9.59 Å². The van der Waals surface area contributed by atoms with Gasteiger partial charge in [-0.1, -0.05) is 29.8 Å². The van der Waals surface area contributed by atoms with Gasteiger partial charge in [0.2, 0.25) is 11.8 Å². The average molecular weight is 400 g/mol. The number of hydrogen-bond donors (Lipinski definition) is 1. The fourth-order valence-corrected chi connectivity index (χ4v) is 3.59. The van der Waals surface area contributed by atoms with Crippen LogP contribution in [0.25, 0.3) is 0 Å². The Kier molecular flexibility index (Phi) is 6.93. The first-order valence-electron chi connectivity index (χ1n) is 9.67. The van der Waals surface area contributed by atoms with Crippen LogP contribution in [0.15, 0.2) is 48.5 Å². The number of anilines is 2. The maximum absolute atomic E-state index is 12.4. The molecule has 0 radical (unpaired) electrons. The Morgan fingerprint density at radius 2 is 1.71 bits per heavy atom. The molecular weight excluding hydrogens is 374 g/mol. The second kappa shape index (κ2) is 9.60. The first-order valence-corrected chi connectivity index (χ1v) is 10.0. The summed E-state index contributed by atoms with van der Waals surface area (Å²) in [5, 5.41) is 3.46. The zero-order valence-electron chi connectivity index (χ0n) is 16.2. The summed E-state index contributed by atoms with van der Waals surface area (Å²) < 4.78 is 0. The summed E-state index contributed by atoms with van der Waals surface area (Å²) in [6.07, 6.45) is 3.75. The fourth-order valence-electron chi connectivity index (χ4n) is 3.39. The van der Waals surface area contributed by atoms with Crippen LogP contribution in [0.3, 0.4) is 0 Å². The van der Waals surface area contributed by atoms with Gasteiger partial charge in [-0.25, -0.2) is 0 Å². The Labute approximate surface area is 171 Å². The number of hydrogen-bond acceptors (Lipinski definition) is 3. The molecule has 148 valence electrons. The molecule has 1 aliphatic rings. The van der Waals surface area contributed by atoms with Crippen LogP contribution in [0.2, 0.25) is 5.02 Å². The van der Waals surface area contributed by atoms with Crippen LogP contribution < -0.4 is 10.2 Å². The van der Waals surface area contributed by atoms with Crippen LogP contribution in [0.5, 0.6) is 0 Å².